The zero-order chi connectivity index (χ0) is 15.8. The van der Waals surface area contributed by atoms with E-state index in [1.54, 1.807) is 7.11 Å². The van der Waals surface area contributed by atoms with Crippen molar-refractivity contribution in [1.29, 1.82) is 0 Å². The molecule has 0 atom stereocenters. The van der Waals surface area contributed by atoms with Crippen molar-refractivity contribution in [2.75, 3.05) is 32.1 Å². The maximum Gasteiger partial charge on any atom is 0.227 e. The van der Waals surface area contributed by atoms with E-state index >= 15 is 0 Å². The number of carbonyl (C=O) groups is 1. The van der Waals surface area contributed by atoms with E-state index in [2.05, 4.69) is 17.6 Å². The molecule has 0 aliphatic carbocycles. The summed E-state index contributed by atoms with van der Waals surface area (Å²) < 4.78 is 11.0. The monoisotopic (exact) mass is 306 g/mol. The van der Waals surface area contributed by atoms with Crippen LogP contribution < -0.4 is 20.1 Å². The molecule has 122 valence electrons. The van der Waals surface area contributed by atoms with Crippen molar-refractivity contribution in [1.82, 2.24) is 5.32 Å². The van der Waals surface area contributed by atoms with Gasteiger partial charge in [0.05, 0.1) is 19.4 Å². The molecule has 2 N–H and O–H groups in total. The number of rotatable bonds is 7. The number of anilines is 1. The first-order valence-corrected chi connectivity index (χ1v) is 8.07. The van der Waals surface area contributed by atoms with Crippen molar-refractivity contribution >= 4 is 11.6 Å². The highest BCUT2D eigenvalue weighted by molar-refractivity contribution is 5.94. The van der Waals surface area contributed by atoms with Crippen molar-refractivity contribution in [2.45, 2.75) is 32.6 Å². The molecule has 2 rings (SSSR count). The molecule has 1 fully saturated rings. The van der Waals surface area contributed by atoms with Gasteiger partial charge >= 0.3 is 0 Å². The normalized spacial score (nSPS) is 15.4. The minimum Gasteiger partial charge on any atom is -0.497 e. The molecular formula is C17H26N2O3. The maximum absolute atomic E-state index is 12.4. The first kappa shape index (κ1) is 16.6. The fraction of sp³-hybridized carbons (Fsp3) is 0.588. The lowest BCUT2D eigenvalue weighted by Crippen LogP contribution is -2.34. The van der Waals surface area contributed by atoms with Gasteiger partial charge in [0.25, 0.3) is 0 Å². The SMILES string of the molecule is CCCCOc1ccc(OC)cc1NC(=O)C1CCNCC1. The molecule has 1 aliphatic heterocycles. The van der Waals surface area contributed by atoms with Crippen molar-refractivity contribution in [2.24, 2.45) is 5.92 Å². The van der Waals surface area contributed by atoms with Crippen LogP contribution in [0.3, 0.4) is 0 Å². The number of nitrogens with one attached hydrogen (secondary N) is 2. The third kappa shape index (κ3) is 4.63. The van der Waals surface area contributed by atoms with Crippen LogP contribution in [0, 0.1) is 5.92 Å². The Morgan fingerprint density at radius 2 is 2.14 bits per heavy atom. The Morgan fingerprint density at radius 3 is 2.82 bits per heavy atom. The predicted octanol–water partition coefficient (Wildman–Crippen LogP) is 2.81. The number of unbranched alkanes of at least 4 members (excludes halogenated alkanes) is 1. The standard InChI is InChI=1S/C17H26N2O3/c1-3-4-11-22-16-6-5-14(21-2)12-15(16)19-17(20)13-7-9-18-10-8-13/h5-6,12-13,18H,3-4,7-11H2,1-2H3,(H,19,20). The van der Waals surface area contributed by atoms with E-state index in [1.807, 2.05) is 18.2 Å². The first-order valence-electron chi connectivity index (χ1n) is 8.07. The quantitative estimate of drug-likeness (QED) is 0.761. The summed E-state index contributed by atoms with van der Waals surface area (Å²) in [6.45, 7) is 4.57. The Labute approximate surface area is 132 Å². The van der Waals surface area contributed by atoms with Crippen molar-refractivity contribution in [3.63, 3.8) is 0 Å². The van der Waals surface area contributed by atoms with E-state index in [9.17, 15) is 4.79 Å². The molecule has 1 heterocycles. The number of hydrogen-bond donors (Lipinski definition) is 2. The van der Waals surface area contributed by atoms with Gasteiger partial charge in [-0.1, -0.05) is 13.3 Å². The number of methoxy groups -OCH3 is 1. The number of ether oxygens (including phenoxy) is 2. The van der Waals surface area contributed by atoms with Crippen LogP contribution in [0.4, 0.5) is 5.69 Å². The molecule has 0 unspecified atom stereocenters. The molecule has 0 spiro atoms. The summed E-state index contributed by atoms with van der Waals surface area (Å²) in [6, 6.07) is 5.52. The molecule has 5 heteroatoms. The molecular weight excluding hydrogens is 280 g/mol. The molecule has 0 saturated carbocycles. The zero-order valence-corrected chi connectivity index (χ0v) is 13.5. The molecule has 0 radical (unpaired) electrons. The van der Waals surface area contributed by atoms with Gasteiger partial charge in [0.1, 0.15) is 11.5 Å². The highest BCUT2D eigenvalue weighted by Gasteiger charge is 2.22. The van der Waals surface area contributed by atoms with Gasteiger partial charge in [-0.05, 0) is 44.5 Å². The van der Waals surface area contributed by atoms with Gasteiger partial charge in [-0.25, -0.2) is 0 Å². The second kappa shape index (κ2) is 8.63. The van der Waals surface area contributed by atoms with Gasteiger partial charge in [-0.15, -0.1) is 0 Å². The number of amides is 1. The minimum absolute atomic E-state index is 0.0649. The van der Waals surface area contributed by atoms with E-state index in [1.165, 1.54) is 0 Å². The number of benzene rings is 1. The van der Waals surface area contributed by atoms with Gasteiger partial charge in [0.15, 0.2) is 0 Å². The topological polar surface area (TPSA) is 59.6 Å². The van der Waals surface area contributed by atoms with Gasteiger partial charge in [0.2, 0.25) is 5.91 Å². The fourth-order valence-corrected chi connectivity index (χ4v) is 2.50. The Kier molecular flexibility index (Phi) is 6.52. The van der Waals surface area contributed by atoms with Crippen LogP contribution in [0.15, 0.2) is 18.2 Å². The molecule has 0 bridgehead atoms. The van der Waals surface area contributed by atoms with Crippen molar-refractivity contribution < 1.29 is 14.3 Å². The van der Waals surface area contributed by atoms with Crippen molar-refractivity contribution in [3.05, 3.63) is 18.2 Å². The second-order valence-corrected chi connectivity index (χ2v) is 5.58. The summed E-state index contributed by atoms with van der Waals surface area (Å²) in [4.78, 5) is 12.4. The molecule has 1 aliphatic rings. The molecule has 1 saturated heterocycles. The van der Waals surface area contributed by atoms with Crippen LogP contribution in [0.2, 0.25) is 0 Å². The number of carbonyl (C=O) groups excluding carboxylic acids is 1. The van der Waals surface area contributed by atoms with Crippen LogP contribution in [-0.4, -0.2) is 32.7 Å². The summed E-state index contributed by atoms with van der Waals surface area (Å²) in [5.74, 6) is 1.55. The molecule has 0 aromatic heterocycles. The molecule has 1 amide bonds. The van der Waals surface area contributed by atoms with Gasteiger partial charge in [-0.3, -0.25) is 4.79 Å². The largest absolute Gasteiger partial charge is 0.497 e. The number of piperidine rings is 1. The Morgan fingerprint density at radius 1 is 1.36 bits per heavy atom. The fourth-order valence-electron chi connectivity index (χ4n) is 2.50. The highest BCUT2D eigenvalue weighted by atomic mass is 16.5. The van der Waals surface area contributed by atoms with Crippen LogP contribution in [-0.2, 0) is 4.79 Å². The summed E-state index contributed by atoms with van der Waals surface area (Å²) in [5.41, 5.74) is 0.694. The van der Waals surface area contributed by atoms with E-state index in [0.717, 1.165) is 38.8 Å². The lowest BCUT2D eigenvalue weighted by Gasteiger charge is -2.22. The third-order valence-electron chi connectivity index (χ3n) is 3.91. The van der Waals surface area contributed by atoms with Gasteiger partial charge in [-0.2, -0.15) is 0 Å². The van der Waals surface area contributed by atoms with Crippen LogP contribution in [0.5, 0.6) is 11.5 Å². The zero-order valence-electron chi connectivity index (χ0n) is 13.5. The minimum atomic E-state index is 0.0649. The van der Waals surface area contributed by atoms with Crippen LogP contribution >= 0.6 is 0 Å². The highest BCUT2D eigenvalue weighted by Crippen LogP contribution is 2.30. The summed E-state index contributed by atoms with van der Waals surface area (Å²) >= 11 is 0. The average molecular weight is 306 g/mol. The summed E-state index contributed by atoms with van der Waals surface area (Å²) in [7, 11) is 1.62. The van der Waals surface area contributed by atoms with E-state index in [4.69, 9.17) is 9.47 Å². The third-order valence-corrected chi connectivity index (χ3v) is 3.91. The van der Waals surface area contributed by atoms with E-state index < -0.39 is 0 Å². The maximum atomic E-state index is 12.4. The first-order chi connectivity index (χ1) is 10.7. The van der Waals surface area contributed by atoms with E-state index in [-0.39, 0.29) is 11.8 Å². The van der Waals surface area contributed by atoms with Gasteiger partial charge < -0.3 is 20.1 Å². The van der Waals surface area contributed by atoms with Gasteiger partial charge in [0, 0.05) is 12.0 Å². The van der Waals surface area contributed by atoms with Crippen molar-refractivity contribution in [3.8, 4) is 11.5 Å². The Balaban J connectivity index is 2.06. The smallest absolute Gasteiger partial charge is 0.227 e. The molecule has 1 aromatic carbocycles. The molecule has 22 heavy (non-hydrogen) atoms. The Bertz CT molecular complexity index is 485. The molecule has 1 aromatic rings. The van der Waals surface area contributed by atoms with E-state index in [0.29, 0.717) is 23.8 Å². The van der Waals surface area contributed by atoms with Crippen LogP contribution in [0.1, 0.15) is 32.6 Å². The average Bonchev–Trinajstić information content (AvgIpc) is 2.57. The summed E-state index contributed by atoms with van der Waals surface area (Å²) in [6.07, 6.45) is 3.82. The second-order valence-electron chi connectivity index (χ2n) is 5.58. The summed E-state index contributed by atoms with van der Waals surface area (Å²) in [5, 5.41) is 6.28. The Hall–Kier alpha value is -1.75. The molecule has 5 nitrogen and oxygen atoms in total. The predicted molar refractivity (Wildman–Crippen MR) is 87.6 cm³/mol. The number of hydrogen-bond acceptors (Lipinski definition) is 4. The van der Waals surface area contributed by atoms with Crippen LogP contribution in [0.25, 0.3) is 0 Å². The lowest BCUT2D eigenvalue weighted by atomic mass is 9.97. The lowest BCUT2D eigenvalue weighted by molar-refractivity contribution is -0.120.